The van der Waals surface area contributed by atoms with Gasteiger partial charge in [-0.05, 0) is 30.7 Å². The van der Waals surface area contributed by atoms with Gasteiger partial charge in [-0.25, -0.2) is 4.98 Å². The molecule has 0 aliphatic carbocycles. The maximum atomic E-state index is 12.8. The molecular weight excluding hydrogens is 344 g/mol. The SMILES string of the molecule is C[C@@H](O)Cn1c(SCc2ccccc2)nc2cc(Cl)ccc2c1=O. The zero-order valence-corrected chi connectivity index (χ0v) is 14.7. The van der Waals surface area contributed by atoms with Crippen LogP contribution in [-0.2, 0) is 12.3 Å². The van der Waals surface area contributed by atoms with Crippen LogP contribution in [0.3, 0.4) is 0 Å². The largest absolute Gasteiger partial charge is 0.392 e. The van der Waals surface area contributed by atoms with Gasteiger partial charge >= 0.3 is 0 Å². The highest BCUT2D eigenvalue weighted by molar-refractivity contribution is 7.98. The van der Waals surface area contributed by atoms with E-state index in [2.05, 4.69) is 4.98 Å². The molecule has 1 N–H and O–H groups in total. The molecule has 24 heavy (non-hydrogen) atoms. The minimum absolute atomic E-state index is 0.159. The Hall–Kier alpha value is -1.82. The van der Waals surface area contributed by atoms with Gasteiger partial charge in [-0.15, -0.1) is 0 Å². The van der Waals surface area contributed by atoms with Crippen molar-refractivity contribution >= 4 is 34.3 Å². The Labute approximate surface area is 149 Å². The van der Waals surface area contributed by atoms with Crippen molar-refractivity contribution in [1.29, 1.82) is 0 Å². The highest BCUT2D eigenvalue weighted by Gasteiger charge is 2.13. The molecule has 2 aromatic carbocycles. The first-order chi connectivity index (χ1) is 11.5. The van der Waals surface area contributed by atoms with E-state index in [1.165, 1.54) is 16.3 Å². The molecule has 4 nitrogen and oxygen atoms in total. The number of aliphatic hydroxyl groups is 1. The summed E-state index contributed by atoms with van der Waals surface area (Å²) >= 11 is 7.50. The lowest BCUT2D eigenvalue weighted by atomic mass is 10.2. The van der Waals surface area contributed by atoms with Gasteiger partial charge in [-0.3, -0.25) is 9.36 Å². The molecule has 1 aromatic heterocycles. The van der Waals surface area contributed by atoms with Gasteiger partial charge in [-0.2, -0.15) is 0 Å². The summed E-state index contributed by atoms with van der Waals surface area (Å²) in [7, 11) is 0. The number of hydrogen-bond donors (Lipinski definition) is 1. The van der Waals surface area contributed by atoms with E-state index in [1.54, 1.807) is 25.1 Å². The molecule has 1 atom stereocenters. The Morgan fingerprint density at radius 3 is 2.71 bits per heavy atom. The second-order valence-electron chi connectivity index (χ2n) is 5.59. The van der Waals surface area contributed by atoms with Gasteiger partial charge in [-0.1, -0.05) is 53.7 Å². The molecule has 0 saturated carbocycles. The maximum Gasteiger partial charge on any atom is 0.262 e. The zero-order valence-electron chi connectivity index (χ0n) is 13.1. The Bertz CT molecular complexity index is 910. The molecule has 1 heterocycles. The van der Waals surface area contributed by atoms with Gasteiger partial charge < -0.3 is 5.11 Å². The topological polar surface area (TPSA) is 55.1 Å². The van der Waals surface area contributed by atoms with E-state index >= 15 is 0 Å². The summed E-state index contributed by atoms with van der Waals surface area (Å²) in [5.41, 5.74) is 1.56. The van der Waals surface area contributed by atoms with E-state index < -0.39 is 6.10 Å². The average molecular weight is 361 g/mol. The number of benzene rings is 2. The lowest BCUT2D eigenvalue weighted by Gasteiger charge is -2.14. The molecule has 0 aliphatic rings. The molecule has 124 valence electrons. The van der Waals surface area contributed by atoms with Crippen LogP contribution in [0.5, 0.6) is 0 Å². The molecule has 0 bridgehead atoms. The minimum atomic E-state index is -0.634. The van der Waals surface area contributed by atoms with Gasteiger partial charge in [0.25, 0.3) is 5.56 Å². The first-order valence-corrected chi connectivity index (χ1v) is 8.96. The van der Waals surface area contributed by atoms with E-state index in [0.717, 1.165) is 5.56 Å². The van der Waals surface area contributed by atoms with Crippen LogP contribution in [0.4, 0.5) is 0 Å². The number of thioether (sulfide) groups is 1. The second kappa shape index (κ2) is 7.38. The smallest absolute Gasteiger partial charge is 0.262 e. The Balaban J connectivity index is 2.04. The van der Waals surface area contributed by atoms with Crippen LogP contribution < -0.4 is 5.56 Å². The molecular formula is C18H17ClN2O2S. The number of fused-ring (bicyclic) bond motifs is 1. The fraction of sp³-hybridized carbons (Fsp3) is 0.222. The third-order valence-corrected chi connectivity index (χ3v) is 4.82. The van der Waals surface area contributed by atoms with Gasteiger partial charge in [0.15, 0.2) is 5.16 Å². The lowest BCUT2D eigenvalue weighted by Crippen LogP contribution is -2.27. The number of halogens is 1. The average Bonchev–Trinajstić information content (AvgIpc) is 2.56. The van der Waals surface area contributed by atoms with E-state index in [9.17, 15) is 9.90 Å². The third kappa shape index (κ3) is 3.80. The zero-order chi connectivity index (χ0) is 17.1. The van der Waals surface area contributed by atoms with Gasteiger partial charge in [0.05, 0.1) is 23.6 Å². The number of hydrogen-bond acceptors (Lipinski definition) is 4. The van der Waals surface area contributed by atoms with Crippen molar-refractivity contribution in [2.75, 3.05) is 0 Å². The lowest BCUT2D eigenvalue weighted by molar-refractivity contribution is 0.168. The van der Waals surface area contributed by atoms with Crippen LogP contribution in [0.25, 0.3) is 10.9 Å². The highest BCUT2D eigenvalue weighted by atomic mass is 35.5. The first-order valence-electron chi connectivity index (χ1n) is 7.59. The maximum absolute atomic E-state index is 12.8. The predicted molar refractivity (Wildman–Crippen MR) is 98.7 cm³/mol. The van der Waals surface area contributed by atoms with E-state index in [-0.39, 0.29) is 12.1 Å². The number of nitrogens with zero attached hydrogens (tertiary/aromatic N) is 2. The monoisotopic (exact) mass is 360 g/mol. The van der Waals surface area contributed by atoms with Gasteiger partial charge in [0, 0.05) is 10.8 Å². The van der Waals surface area contributed by atoms with E-state index in [0.29, 0.717) is 26.8 Å². The number of aliphatic hydroxyl groups excluding tert-OH is 1. The summed E-state index contributed by atoms with van der Waals surface area (Å²) in [4.78, 5) is 17.4. The van der Waals surface area contributed by atoms with Crippen molar-refractivity contribution < 1.29 is 5.11 Å². The Kier molecular flexibility index (Phi) is 5.23. The summed E-state index contributed by atoms with van der Waals surface area (Å²) < 4.78 is 1.54. The van der Waals surface area contributed by atoms with Crippen molar-refractivity contribution in [2.24, 2.45) is 0 Å². The van der Waals surface area contributed by atoms with Crippen molar-refractivity contribution in [2.45, 2.75) is 30.5 Å². The highest BCUT2D eigenvalue weighted by Crippen LogP contribution is 2.23. The summed E-state index contributed by atoms with van der Waals surface area (Å²) in [6, 6.07) is 15.0. The summed E-state index contributed by atoms with van der Waals surface area (Å²) in [6.07, 6.45) is -0.634. The molecule has 0 radical (unpaired) electrons. The number of rotatable bonds is 5. The van der Waals surface area contributed by atoms with E-state index in [4.69, 9.17) is 11.6 Å². The van der Waals surface area contributed by atoms with Crippen molar-refractivity contribution in [3.8, 4) is 0 Å². The summed E-state index contributed by atoms with van der Waals surface area (Å²) in [5, 5.41) is 11.4. The molecule has 0 aliphatic heterocycles. The predicted octanol–water partition coefficient (Wildman–Crippen LogP) is 3.72. The van der Waals surface area contributed by atoms with E-state index in [1.807, 2.05) is 30.3 Å². The van der Waals surface area contributed by atoms with Crippen LogP contribution in [0.15, 0.2) is 58.5 Å². The minimum Gasteiger partial charge on any atom is -0.392 e. The van der Waals surface area contributed by atoms with Crippen LogP contribution in [0.1, 0.15) is 12.5 Å². The van der Waals surface area contributed by atoms with Gasteiger partial charge in [0.1, 0.15) is 0 Å². The Morgan fingerprint density at radius 1 is 1.25 bits per heavy atom. The fourth-order valence-corrected chi connectivity index (χ4v) is 3.56. The molecule has 3 rings (SSSR count). The molecule has 6 heteroatoms. The molecule has 0 amide bonds. The normalized spacial score (nSPS) is 12.5. The van der Waals surface area contributed by atoms with Crippen molar-refractivity contribution in [3.63, 3.8) is 0 Å². The molecule has 0 spiro atoms. The molecule has 3 aromatic rings. The van der Waals surface area contributed by atoms with Gasteiger partial charge in [0.2, 0.25) is 0 Å². The number of aromatic nitrogens is 2. The molecule has 0 unspecified atom stereocenters. The van der Waals surface area contributed by atoms with Crippen LogP contribution in [-0.4, -0.2) is 20.8 Å². The molecule has 0 fully saturated rings. The molecule has 0 saturated heterocycles. The van der Waals surface area contributed by atoms with Crippen LogP contribution in [0.2, 0.25) is 5.02 Å². The van der Waals surface area contributed by atoms with Crippen LogP contribution in [0, 0.1) is 0 Å². The standard InChI is InChI=1S/C18H17ClN2O2S/c1-12(22)10-21-17(23)15-8-7-14(19)9-16(15)20-18(21)24-11-13-5-3-2-4-6-13/h2-9,12,22H,10-11H2,1H3/t12-/m1/s1. The third-order valence-electron chi connectivity index (χ3n) is 3.54. The second-order valence-corrected chi connectivity index (χ2v) is 6.97. The van der Waals surface area contributed by atoms with Crippen molar-refractivity contribution in [3.05, 3.63) is 69.5 Å². The summed E-state index contributed by atoms with van der Waals surface area (Å²) in [6.45, 7) is 1.87. The Morgan fingerprint density at radius 2 is 2.00 bits per heavy atom. The van der Waals surface area contributed by atoms with Crippen molar-refractivity contribution in [1.82, 2.24) is 9.55 Å². The fourth-order valence-electron chi connectivity index (χ4n) is 2.43. The van der Waals surface area contributed by atoms with Crippen LogP contribution >= 0.6 is 23.4 Å². The summed E-state index contributed by atoms with van der Waals surface area (Å²) in [5.74, 6) is 0.694. The first kappa shape index (κ1) is 17.0. The quantitative estimate of drug-likeness (QED) is 0.556.